The first kappa shape index (κ1) is 20.2. The van der Waals surface area contributed by atoms with Crippen molar-refractivity contribution in [1.82, 2.24) is 14.7 Å². The zero-order valence-corrected chi connectivity index (χ0v) is 18.4. The number of amides is 3. The number of carbonyl (C=O) groups is 2. The van der Waals surface area contributed by atoms with E-state index < -0.39 is 18.2 Å². The Balaban J connectivity index is 1.43. The number of fused-ring (bicyclic) bond motifs is 3. The minimum atomic E-state index is -0.717. The van der Waals surface area contributed by atoms with Crippen molar-refractivity contribution in [1.29, 1.82) is 0 Å². The first-order chi connectivity index (χ1) is 14.8. The highest BCUT2D eigenvalue weighted by atomic mass is 35.5. The molecule has 1 fully saturated rings. The predicted octanol–water partition coefficient (Wildman–Crippen LogP) is 4.44. The number of hydrogen-bond donors (Lipinski definition) is 0. The van der Waals surface area contributed by atoms with Crippen LogP contribution in [0.4, 0.5) is 4.79 Å². The number of likely N-dealkylation sites (N-methyl/N-ethyl adjacent to an activating group) is 1. The smallest absolute Gasteiger partial charge is 0.328 e. The van der Waals surface area contributed by atoms with Gasteiger partial charge >= 0.3 is 6.03 Å². The topological polar surface area (TPSA) is 65.5 Å². The number of hydrogen-bond acceptors (Lipinski definition) is 5. The van der Waals surface area contributed by atoms with Crippen LogP contribution < -0.4 is 0 Å². The molecular formula is C21H15Cl3N4O3. The molecule has 158 valence electrons. The summed E-state index contributed by atoms with van der Waals surface area (Å²) in [5, 5.41) is 1.37. The molecule has 1 saturated heterocycles. The molecule has 0 aromatic heterocycles. The van der Waals surface area contributed by atoms with Crippen molar-refractivity contribution in [2.24, 2.45) is 4.99 Å². The Morgan fingerprint density at radius 3 is 2.48 bits per heavy atom. The van der Waals surface area contributed by atoms with Crippen molar-refractivity contribution in [3.05, 3.63) is 74.9 Å². The van der Waals surface area contributed by atoms with Crippen LogP contribution in [0.2, 0.25) is 15.1 Å². The average molecular weight is 478 g/mol. The zero-order chi connectivity index (χ0) is 21.9. The Kier molecular flexibility index (Phi) is 4.84. The van der Waals surface area contributed by atoms with Crippen molar-refractivity contribution in [2.45, 2.75) is 18.8 Å². The van der Waals surface area contributed by atoms with Gasteiger partial charge in [0.25, 0.3) is 11.9 Å². The Bertz CT molecular complexity index is 1160. The maximum atomic E-state index is 13.4. The first-order valence-corrected chi connectivity index (χ1v) is 10.5. The van der Waals surface area contributed by atoms with E-state index in [0.29, 0.717) is 26.4 Å². The molecule has 0 radical (unpaired) electrons. The van der Waals surface area contributed by atoms with Crippen LogP contribution in [0.15, 0.2) is 53.7 Å². The molecule has 5 rings (SSSR count). The van der Waals surface area contributed by atoms with Crippen molar-refractivity contribution in [2.75, 3.05) is 7.05 Å². The minimum absolute atomic E-state index is 0.0693. The second-order valence-corrected chi connectivity index (χ2v) is 8.60. The summed E-state index contributed by atoms with van der Waals surface area (Å²) in [6, 6.07) is 11.3. The fourth-order valence-corrected chi connectivity index (χ4v) is 4.24. The Morgan fingerprint density at radius 1 is 1.03 bits per heavy atom. The summed E-state index contributed by atoms with van der Waals surface area (Å²) in [5.74, 6) is 0.187. The molecule has 0 bridgehead atoms. The lowest BCUT2D eigenvalue weighted by molar-refractivity contribution is -0.137. The Labute approximate surface area is 193 Å². The van der Waals surface area contributed by atoms with Gasteiger partial charge in [-0.15, -0.1) is 0 Å². The summed E-state index contributed by atoms with van der Waals surface area (Å²) >= 11 is 18.0. The highest BCUT2D eigenvalue weighted by molar-refractivity contribution is 6.42. The molecular weight excluding hydrogens is 463 g/mol. The van der Waals surface area contributed by atoms with Crippen LogP contribution in [0.1, 0.15) is 11.1 Å². The van der Waals surface area contributed by atoms with Crippen LogP contribution in [0.25, 0.3) is 5.76 Å². The maximum Gasteiger partial charge on any atom is 0.328 e. The van der Waals surface area contributed by atoms with Crippen molar-refractivity contribution >= 4 is 58.5 Å². The van der Waals surface area contributed by atoms with E-state index in [-0.39, 0.29) is 18.5 Å². The molecule has 2 aromatic rings. The van der Waals surface area contributed by atoms with Gasteiger partial charge < -0.3 is 9.64 Å². The van der Waals surface area contributed by atoms with E-state index in [2.05, 4.69) is 4.99 Å². The van der Waals surface area contributed by atoms with E-state index in [0.717, 1.165) is 5.56 Å². The molecule has 2 atom stereocenters. The van der Waals surface area contributed by atoms with E-state index in [1.807, 2.05) is 12.1 Å². The van der Waals surface area contributed by atoms with Gasteiger partial charge in [0, 0.05) is 17.6 Å². The van der Waals surface area contributed by atoms with E-state index in [9.17, 15) is 9.59 Å². The van der Waals surface area contributed by atoms with E-state index >= 15 is 0 Å². The molecule has 2 unspecified atom stereocenters. The van der Waals surface area contributed by atoms with Crippen molar-refractivity contribution in [3.8, 4) is 0 Å². The summed E-state index contributed by atoms with van der Waals surface area (Å²) in [6.07, 6.45) is 1.06. The number of carbonyl (C=O) groups excluding carboxylic acids is 2. The normalized spacial score (nSPS) is 22.3. The van der Waals surface area contributed by atoms with Gasteiger partial charge in [-0.2, -0.15) is 0 Å². The van der Waals surface area contributed by atoms with Crippen LogP contribution >= 0.6 is 34.8 Å². The lowest BCUT2D eigenvalue weighted by atomic mass is 10.1. The van der Waals surface area contributed by atoms with E-state index in [1.54, 1.807) is 48.5 Å². The number of benzene rings is 2. The largest absolute Gasteiger partial charge is 0.423 e. The standard InChI is InChI=1S/C21H15Cl3N4O3/c1-26-18-17(19(29)28(21(26)30)9-11-2-7-14(23)15(24)8-11)27-10-16(31-20(27)25-18)12-3-5-13(22)6-4-12/h2-8,10,17-18H,9H2,1H3. The highest BCUT2D eigenvalue weighted by Gasteiger charge is 2.54. The van der Waals surface area contributed by atoms with Gasteiger partial charge in [0.2, 0.25) is 0 Å². The fraction of sp³-hybridized carbons (Fsp3) is 0.190. The third-order valence-corrected chi connectivity index (χ3v) is 6.40. The monoisotopic (exact) mass is 476 g/mol. The lowest BCUT2D eigenvalue weighted by Gasteiger charge is -2.39. The van der Waals surface area contributed by atoms with Gasteiger partial charge in [0.15, 0.2) is 18.0 Å². The molecule has 3 aliphatic rings. The summed E-state index contributed by atoms with van der Waals surface area (Å²) < 4.78 is 5.87. The van der Waals surface area contributed by atoms with Crippen LogP contribution in [0.3, 0.4) is 0 Å². The van der Waals surface area contributed by atoms with Gasteiger partial charge in [-0.25, -0.2) is 9.79 Å². The predicted molar refractivity (Wildman–Crippen MR) is 118 cm³/mol. The van der Waals surface area contributed by atoms with Crippen molar-refractivity contribution < 1.29 is 14.3 Å². The molecule has 2 aromatic carbocycles. The molecule has 0 spiro atoms. The molecule has 3 aliphatic heterocycles. The number of imide groups is 1. The van der Waals surface area contributed by atoms with Crippen LogP contribution in [0.5, 0.6) is 0 Å². The summed E-state index contributed by atoms with van der Waals surface area (Å²) in [7, 11) is 1.62. The van der Waals surface area contributed by atoms with E-state index in [1.165, 1.54) is 9.80 Å². The Hall–Kier alpha value is -2.74. The molecule has 0 N–H and O–H groups in total. The molecule has 3 heterocycles. The number of rotatable bonds is 3. The summed E-state index contributed by atoms with van der Waals surface area (Å²) in [5.41, 5.74) is 1.50. The lowest BCUT2D eigenvalue weighted by Crippen LogP contribution is -2.63. The SMILES string of the molecule is CN1C(=O)N(Cc2ccc(Cl)c(Cl)c2)C(=O)C2C1N=C1OC(c3ccc(Cl)cc3)=CN12. The number of halogens is 3. The first-order valence-electron chi connectivity index (χ1n) is 9.37. The number of amidine groups is 1. The second kappa shape index (κ2) is 7.44. The molecule has 10 heteroatoms. The van der Waals surface area contributed by atoms with Gasteiger partial charge in [-0.1, -0.05) is 40.9 Å². The molecule has 7 nitrogen and oxygen atoms in total. The molecule has 3 amide bonds. The number of ether oxygens (including phenoxy) is 1. The zero-order valence-electron chi connectivity index (χ0n) is 16.1. The molecule has 0 aliphatic carbocycles. The third kappa shape index (κ3) is 3.33. The fourth-order valence-electron chi connectivity index (χ4n) is 3.79. The van der Waals surface area contributed by atoms with E-state index in [4.69, 9.17) is 39.5 Å². The van der Waals surface area contributed by atoms with Crippen molar-refractivity contribution in [3.63, 3.8) is 0 Å². The number of urea groups is 1. The minimum Gasteiger partial charge on any atom is -0.423 e. The number of aliphatic imine (C=N–C) groups is 1. The maximum absolute atomic E-state index is 13.4. The van der Waals surface area contributed by atoms with Gasteiger partial charge in [-0.3, -0.25) is 14.6 Å². The molecule has 31 heavy (non-hydrogen) atoms. The second-order valence-electron chi connectivity index (χ2n) is 7.35. The van der Waals surface area contributed by atoms with Crippen LogP contribution in [0, 0.1) is 0 Å². The summed E-state index contributed by atoms with van der Waals surface area (Å²) in [6.45, 7) is 0.0693. The average Bonchev–Trinajstić information content (AvgIpc) is 3.31. The van der Waals surface area contributed by atoms with Crippen LogP contribution in [-0.4, -0.2) is 51.9 Å². The third-order valence-electron chi connectivity index (χ3n) is 5.41. The summed E-state index contributed by atoms with van der Waals surface area (Å²) in [4.78, 5) is 35.0. The van der Waals surface area contributed by atoms with Gasteiger partial charge in [0.1, 0.15) is 0 Å². The number of nitrogens with zero attached hydrogens (tertiary/aromatic N) is 4. The van der Waals surface area contributed by atoms with Crippen LogP contribution in [-0.2, 0) is 16.1 Å². The quantitative estimate of drug-likeness (QED) is 0.656. The molecule has 0 saturated carbocycles. The van der Waals surface area contributed by atoms with Gasteiger partial charge in [-0.05, 0) is 42.0 Å². The highest BCUT2D eigenvalue weighted by Crippen LogP contribution is 2.36. The van der Waals surface area contributed by atoms with Gasteiger partial charge in [0.05, 0.1) is 22.8 Å². The Morgan fingerprint density at radius 2 is 1.77 bits per heavy atom.